The fourth-order valence-corrected chi connectivity index (χ4v) is 5.14. The van der Waals surface area contributed by atoms with E-state index in [0.717, 1.165) is 45.1 Å². The van der Waals surface area contributed by atoms with Crippen LogP contribution in [0.4, 0.5) is 34.9 Å². The second-order valence-corrected chi connectivity index (χ2v) is 11.8. The van der Waals surface area contributed by atoms with Crippen molar-refractivity contribution in [3.05, 3.63) is 49.3 Å². The Balaban J connectivity index is 0.000000143. The lowest BCUT2D eigenvalue weighted by molar-refractivity contribution is 0.445. The van der Waals surface area contributed by atoms with Gasteiger partial charge in [0.25, 0.3) is 0 Å². The Labute approximate surface area is 254 Å². The monoisotopic (exact) mass is 594 g/mol. The van der Waals surface area contributed by atoms with E-state index in [9.17, 15) is 0 Å². The molecule has 0 saturated heterocycles. The number of hydrogen-bond donors (Lipinski definition) is 6. The molecule has 0 radical (unpaired) electrons. The molecule has 14 nitrogen and oxygen atoms in total. The fraction of sp³-hybridized carbons (Fsp3) is 0.400. The number of nitrogens with zero attached hydrogens (tertiary/aromatic N) is 8. The summed E-state index contributed by atoms with van der Waals surface area (Å²) >= 11 is 0. The number of fused-ring (bicyclic) bond motifs is 2. The van der Waals surface area contributed by atoms with Crippen molar-refractivity contribution in [2.75, 3.05) is 21.3 Å². The quantitative estimate of drug-likeness (QED) is 0.120. The van der Waals surface area contributed by atoms with E-state index < -0.39 is 0 Å². The molecule has 44 heavy (non-hydrogen) atoms. The third-order valence-corrected chi connectivity index (χ3v) is 8.07. The van der Waals surface area contributed by atoms with E-state index in [1.165, 1.54) is 38.5 Å². The van der Waals surface area contributed by atoms with Gasteiger partial charge in [-0.1, -0.05) is 0 Å². The highest BCUT2D eigenvalue weighted by Crippen LogP contribution is 2.29. The molecule has 0 aromatic carbocycles. The van der Waals surface area contributed by atoms with Crippen LogP contribution in [-0.4, -0.2) is 61.5 Å². The van der Waals surface area contributed by atoms with Gasteiger partial charge in [0.05, 0.1) is 34.5 Å². The first kappa shape index (κ1) is 27.7. The Morgan fingerprint density at radius 2 is 1.25 bits per heavy atom. The summed E-state index contributed by atoms with van der Waals surface area (Å²) in [4.78, 5) is 24.6. The molecule has 0 atom stereocenters. The molecule has 2 aliphatic rings. The van der Waals surface area contributed by atoms with Gasteiger partial charge < -0.3 is 31.2 Å². The van der Waals surface area contributed by atoms with Crippen molar-refractivity contribution in [1.29, 1.82) is 0 Å². The van der Waals surface area contributed by atoms with Gasteiger partial charge in [-0.25, -0.2) is 0 Å². The summed E-state index contributed by atoms with van der Waals surface area (Å²) in [5.74, 6) is 2.92. The van der Waals surface area contributed by atoms with Crippen LogP contribution < -0.4 is 21.3 Å². The van der Waals surface area contributed by atoms with Gasteiger partial charge in [0.1, 0.15) is 22.9 Å². The molecule has 2 aliphatic carbocycles. The zero-order valence-corrected chi connectivity index (χ0v) is 25.2. The number of hydrogen-bond acceptors (Lipinski definition) is 10. The second kappa shape index (κ2) is 11.9. The van der Waals surface area contributed by atoms with Crippen molar-refractivity contribution >= 4 is 57.0 Å². The summed E-state index contributed by atoms with van der Waals surface area (Å²) in [6.07, 6.45) is 18.6. The lowest BCUT2D eigenvalue weighted by atomic mass is 9.93. The molecule has 6 aromatic heterocycles. The van der Waals surface area contributed by atoms with Crippen molar-refractivity contribution in [2.45, 2.75) is 70.5 Å². The minimum atomic E-state index is 0.327. The van der Waals surface area contributed by atoms with E-state index in [4.69, 9.17) is 0 Å². The van der Waals surface area contributed by atoms with Crippen LogP contribution in [0.25, 0.3) is 22.1 Å². The second-order valence-electron chi connectivity index (χ2n) is 11.8. The number of H-pyrrole nitrogens is 2. The van der Waals surface area contributed by atoms with E-state index in [1.54, 1.807) is 17.1 Å². The smallest absolute Gasteiger partial charge is 0.231 e. The number of rotatable bonds is 9. The van der Waals surface area contributed by atoms with Crippen molar-refractivity contribution in [2.24, 2.45) is 7.05 Å². The number of aryl methyl sites for hydroxylation is 1. The predicted octanol–water partition coefficient (Wildman–Crippen LogP) is 5.84. The maximum atomic E-state index is 4.65. The average Bonchev–Trinajstić information content (AvgIpc) is 3.76. The molecule has 228 valence electrons. The average molecular weight is 595 g/mol. The maximum absolute atomic E-state index is 4.65. The van der Waals surface area contributed by atoms with Gasteiger partial charge in [0, 0.05) is 50.0 Å². The third kappa shape index (κ3) is 6.00. The summed E-state index contributed by atoms with van der Waals surface area (Å²) in [5.41, 5.74) is 3.43. The zero-order valence-electron chi connectivity index (χ0n) is 25.2. The molecule has 0 unspecified atom stereocenters. The van der Waals surface area contributed by atoms with Crippen LogP contribution in [0.15, 0.2) is 49.3 Å². The Kier molecular flexibility index (Phi) is 7.46. The Bertz CT molecular complexity index is 1850. The van der Waals surface area contributed by atoms with Crippen molar-refractivity contribution in [3.8, 4) is 0 Å². The highest BCUT2D eigenvalue weighted by atomic mass is 15.3. The normalized spacial score (nSPS) is 15.1. The van der Waals surface area contributed by atoms with Crippen LogP contribution in [0.1, 0.15) is 58.4 Å². The van der Waals surface area contributed by atoms with Crippen LogP contribution in [0, 0.1) is 0 Å². The molecule has 14 heteroatoms. The van der Waals surface area contributed by atoms with Crippen molar-refractivity contribution < 1.29 is 0 Å². The minimum absolute atomic E-state index is 0.327. The summed E-state index contributed by atoms with van der Waals surface area (Å²) in [7, 11) is 1.88. The zero-order chi connectivity index (χ0) is 30.0. The van der Waals surface area contributed by atoms with E-state index in [-0.39, 0.29) is 0 Å². The molecule has 2 fully saturated rings. The lowest BCUT2D eigenvalue weighted by Gasteiger charge is -2.27. The van der Waals surface area contributed by atoms with Gasteiger partial charge in [0.2, 0.25) is 11.9 Å². The Morgan fingerprint density at radius 3 is 1.68 bits per heavy atom. The van der Waals surface area contributed by atoms with Gasteiger partial charge >= 0.3 is 0 Å². The first-order valence-electron chi connectivity index (χ1n) is 15.3. The summed E-state index contributed by atoms with van der Waals surface area (Å²) in [6, 6.07) is 5.40. The molecule has 0 aliphatic heterocycles. The van der Waals surface area contributed by atoms with Gasteiger partial charge in [-0.05, 0) is 64.5 Å². The highest BCUT2D eigenvalue weighted by Gasteiger charge is 2.21. The third-order valence-electron chi connectivity index (χ3n) is 8.07. The molecule has 0 bridgehead atoms. The van der Waals surface area contributed by atoms with Crippen LogP contribution in [-0.2, 0) is 7.05 Å². The maximum Gasteiger partial charge on any atom is 0.231 e. The SMILES string of the molecule is CC(C)n1cc(Nc2nc(NC3CCC3)c3cc[nH]c3n2)cn1.Cn1cc(Nc2nc(NC3CCC3)c3cc[nH]c3n2)cn1. The Morgan fingerprint density at radius 1 is 0.727 bits per heavy atom. The topological polar surface area (TPSA) is 167 Å². The molecule has 8 rings (SSSR count). The van der Waals surface area contributed by atoms with E-state index >= 15 is 0 Å². The number of nitrogens with one attached hydrogen (secondary N) is 6. The highest BCUT2D eigenvalue weighted by molar-refractivity contribution is 5.89. The first-order valence-corrected chi connectivity index (χ1v) is 15.3. The molecule has 6 heterocycles. The van der Waals surface area contributed by atoms with Crippen LogP contribution in [0.2, 0.25) is 0 Å². The molecular formula is C30H38N14. The van der Waals surface area contributed by atoms with E-state index in [2.05, 4.69) is 75.2 Å². The molecular weight excluding hydrogens is 556 g/mol. The van der Waals surface area contributed by atoms with Crippen molar-refractivity contribution in [3.63, 3.8) is 0 Å². The number of anilines is 6. The number of aromatic nitrogens is 10. The molecule has 0 amide bonds. The van der Waals surface area contributed by atoms with Crippen LogP contribution >= 0.6 is 0 Å². The molecule has 6 aromatic rings. The predicted molar refractivity (Wildman–Crippen MR) is 173 cm³/mol. The summed E-state index contributed by atoms with van der Waals surface area (Å²) in [5, 5.41) is 24.0. The Hall–Kier alpha value is -5.14. The van der Waals surface area contributed by atoms with Crippen LogP contribution in [0.5, 0.6) is 0 Å². The minimum Gasteiger partial charge on any atom is -0.367 e. The number of aromatic amines is 2. The molecule has 2 saturated carbocycles. The fourth-order valence-electron chi connectivity index (χ4n) is 5.14. The molecule has 0 spiro atoms. The van der Waals surface area contributed by atoms with Gasteiger partial charge in [0.15, 0.2) is 0 Å². The first-order chi connectivity index (χ1) is 21.5. The van der Waals surface area contributed by atoms with Crippen molar-refractivity contribution in [1.82, 2.24) is 49.5 Å². The largest absolute Gasteiger partial charge is 0.367 e. The van der Waals surface area contributed by atoms with Crippen LogP contribution in [0.3, 0.4) is 0 Å². The molecule has 6 N–H and O–H groups in total. The summed E-state index contributed by atoms with van der Waals surface area (Å²) < 4.78 is 3.64. The van der Waals surface area contributed by atoms with E-state index in [0.29, 0.717) is 30.0 Å². The standard InChI is InChI=1S/C16H21N7.C14H17N7/c1-10(2)23-9-12(8-18-23)20-16-21-14-13(6-7-17-14)15(22-16)19-11-4-3-5-11;1-21-8-10(7-16-21)18-14-19-12-11(5-6-15-12)13(20-14)17-9-3-2-4-9/h6-11H,3-5H2,1-2H3,(H3,17,19,20,21,22);5-9H,2-4H2,1H3,(H3,15,17,18,19,20). The lowest BCUT2D eigenvalue weighted by Crippen LogP contribution is -2.27. The van der Waals surface area contributed by atoms with Gasteiger partial charge in [-0.2, -0.15) is 30.1 Å². The van der Waals surface area contributed by atoms with Gasteiger partial charge in [-0.3, -0.25) is 9.36 Å². The van der Waals surface area contributed by atoms with E-state index in [1.807, 2.05) is 48.6 Å². The van der Waals surface area contributed by atoms with Gasteiger partial charge in [-0.15, -0.1) is 0 Å². The summed E-state index contributed by atoms with van der Waals surface area (Å²) in [6.45, 7) is 4.19.